The Labute approximate surface area is 266 Å². The van der Waals surface area contributed by atoms with E-state index in [1.165, 1.54) is 20.3 Å². The van der Waals surface area contributed by atoms with Crippen LogP contribution >= 0.6 is 23.2 Å². The maximum Gasteiger partial charge on any atom is 0.255 e. The van der Waals surface area contributed by atoms with Crippen molar-refractivity contribution >= 4 is 51.5 Å². The topological polar surface area (TPSA) is 116 Å². The van der Waals surface area contributed by atoms with Crippen LogP contribution in [-0.2, 0) is 19.0 Å². The summed E-state index contributed by atoms with van der Waals surface area (Å²) in [6.45, 7) is 7.22. The van der Waals surface area contributed by atoms with Crippen LogP contribution < -0.4 is 25.0 Å². The SMILES string of the molecule is C=CC(=O)N[C@H]1CCOC[C@H]1Nc1cc2c(N3CCC(C)C3(OC)OC)nc(-c3c(Cl)c(OC)cc(OC)c3Cl)cc2cn1. The van der Waals surface area contributed by atoms with Crippen molar-refractivity contribution in [3.05, 3.63) is 47.1 Å². The zero-order valence-corrected chi connectivity index (χ0v) is 26.9. The summed E-state index contributed by atoms with van der Waals surface area (Å²) in [5.41, 5.74) is 0.957. The number of nitrogens with one attached hydrogen (secondary N) is 2. The second-order valence-corrected chi connectivity index (χ2v) is 11.5. The van der Waals surface area contributed by atoms with Crippen LogP contribution in [0.5, 0.6) is 11.5 Å². The summed E-state index contributed by atoms with van der Waals surface area (Å²) in [6.07, 6.45) is 4.49. The van der Waals surface area contributed by atoms with Gasteiger partial charge in [0.2, 0.25) is 5.91 Å². The number of hydrogen-bond donors (Lipinski definition) is 2. The molecule has 0 radical (unpaired) electrons. The molecule has 1 amide bonds. The summed E-state index contributed by atoms with van der Waals surface area (Å²) in [5.74, 6) is 0.723. The van der Waals surface area contributed by atoms with Crippen LogP contribution in [0.2, 0.25) is 10.0 Å². The molecular weight excluding hydrogens is 609 g/mol. The van der Waals surface area contributed by atoms with Gasteiger partial charge in [-0.2, -0.15) is 0 Å². The van der Waals surface area contributed by atoms with Crippen molar-refractivity contribution in [2.75, 3.05) is 58.4 Å². The van der Waals surface area contributed by atoms with E-state index in [4.69, 9.17) is 56.9 Å². The van der Waals surface area contributed by atoms with Crippen LogP contribution in [0.15, 0.2) is 37.1 Å². The molecule has 2 aromatic heterocycles. The quantitative estimate of drug-likeness (QED) is 0.223. The fourth-order valence-corrected chi connectivity index (χ4v) is 6.72. The highest BCUT2D eigenvalue weighted by Gasteiger charge is 2.49. The smallest absolute Gasteiger partial charge is 0.255 e. The van der Waals surface area contributed by atoms with Gasteiger partial charge in [-0.3, -0.25) is 4.79 Å². The Morgan fingerprint density at radius 2 is 1.80 bits per heavy atom. The van der Waals surface area contributed by atoms with Crippen LogP contribution in [0.1, 0.15) is 19.8 Å². The number of benzene rings is 1. The highest BCUT2D eigenvalue weighted by atomic mass is 35.5. The highest BCUT2D eigenvalue weighted by molar-refractivity contribution is 6.41. The molecule has 2 aliphatic rings. The molecule has 0 spiro atoms. The van der Waals surface area contributed by atoms with Gasteiger partial charge in [0.15, 0.2) is 0 Å². The van der Waals surface area contributed by atoms with E-state index in [0.29, 0.717) is 70.6 Å². The van der Waals surface area contributed by atoms with Gasteiger partial charge < -0.3 is 39.2 Å². The lowest BCUT2D eigenvalue weighted by Gasteiger charge is -2.39. The lowest BCUT2D eigenvalue weighted by molar-refractivity contribution is -0.221. The van der Waals surface area contributed by atoms with Gasteiger partial charge in [0.1, 0.15) is 23.1 Å². The van der Waals surface area contributed by atoms with Gasteiger partial charge in [0.05, 0.1) is 48.6 Å². The number of ether oxygens (including phenoxy) is 5. The highest BCUT2D eigenvalue weighted by Crippen LogP contribution is 2.48. The summed E-state index contributed by atoms with van der Waals surface area (Å²) in [6, 6.07) is 5.07. The van der Waals surface area contributed by atoms with E-state index >= 15 is 0 Å². The summed E-state index contributed by atoms with van der Waals surface area (Å²) in [5, 5.41) is 8.62. The number of carbonyl (C=O) groups excluding carboxylic acids is 1. The Morgan fingerprint density at radius 3 is 2.43 bits per heavy atom. The Kier molecular flexibility index (Phi) is 9.71. The number of amides is 1. The van der Waals surface area contributed by atoms with Crippen LogP contribution in [-0.4, -0.2) is 82.1 Å². The zero-order valence-electron chi connectivity index (χ0n) is 25.4. The number of aromatic nitrogens is 2. The maximum absolute atomic E-state index is 12.1. The predicted octanol–water partition coefficient (Wildman–Crippen LogP) is 5.29. The third-order valence-corrected chi connectivity index (χ3v) is 9.10. The molecule has 0 bridgehead atoms. The second-order valence-electron chi connectivity index (χ2n) is 10.7. The lowest BCUT2D eigenvalue weighted by atomic mass is 10.0. The van der Waals surface area contributed by atoms with Gasteiger partial charge in [-0.15, -0.1) is 0 Å². The minimum absolute atomic E-state index is 0.0372. The molecule has 0 aliphatic carbocycles. The number of rotatable bonds is 10. The monoisotopic (exact) mass is 645 g/mol. The Morgan fingerprint density at radius 1 is 1.09 bits per heavy atom. The molecule has 0 saturated carbocycles. The van der Waals surface area contributed by atoms with Crippen molar-refractivity contribution in [2.45, 2.75) is 37.8 Å². The fraction of sp³-hybridized carbons (Fsp3) is 0.452. The van der Waals surface area contributed by atoms with Crippen LogP contribution in [0.3, 0.4) is 0 Å². The van der Waals surface area contributed by atoms with E-state index in [1.807, 2.05) is 17.0 Å². The van der Waals surface area contributed by atoms with Crippen LogP contribution in [0, 0.1) is 5.92 Å². The van der Waals surface area contributed by atoms with Crippen molar-refractivity contribution in [1.82, 2.24) is 15.3 Å². The van der Waals surface area contributed by atoms with E-state index in [0.717, 1.165) is 17.2 Å². The minimum atomic E-state index is -1.06. The van der Waals surface area contributed by atoms with Crippen molar-refractivity contribution in [3.8, 4) is 22.8 Å². The van der Waals surface area contributed by atoms with Gasteiger partial charge >= 0.3 is 0 Å². The third kappa shape index (κ3) is 5.75. The number of anilines is 2. The average molecular weight is 647 g/mol. The molecule has 5 rings (SSSR count). The number of fused-ring (bicyclic) bond motifs is 1. The number of methoxy groups -OCH3 is 4. The molecule has 2 fully saturated rings. The van der Waals surface area contributed by atoms with Gasteiger partial charge in [0.25, 0.3) is 5.91 Å². The summed E-state index contributed by atoms with van der Waals surface area (Å²) in [4.78, 5) is 24.0. The van der Waals surface area contributed by atoms with Gasteiger partial charge in [0, 0.05) is 61.9 Å². The molecule has 1 aromatic carbocycles. The zero-order chi connectivity index (χ0) is 31.6. The van der Waals surface area contributed by atoms with E-state index in [9.17, 15) is 4.79 Å². The number of carbonyl (C=O) groups is 1. The fourth-order valence-electron chi connectivity index (χ4n) is 6.02. The maximum atomic E-state index is 12.1. The predicted molar refractivity (Wildman–Crippen MR) is 171 cm³/mol. The standard InChI is InChI=1S/C31H37Cl2N5O6/c1-7-26(39)36-20-9-11-44-16-22(20)35-25-13-19-18(15-34-25)12-21(27-28(32)23(40-3)14-24(41-4)29(27)33)37-30(19)38-10-8-17(2)31(38,42-5)43-6/h7,12-15,17,20,22H,1,8-11,16H2,2-6H3,(H,34,35)(H,36,39)/t17?,20-,22+/m0/s1. The van der Waals surface area contributed by atoms with Crippen molar-refractivity contribution in [2.24, 2.45) is 5.92 Å². The van der Waals surface area contributed by atoms with Gasteiger partial charge in [-0.25, -0.2) is 9.97 Å². The van der Waals surface area contributed by atoms with Crippen molar-refractivity contribution < 1.29 is 28.5 Å². The number of nitrogens with zero attached hydrogens (tertiary/aromatic N) is 3. The largest absolute Gasteiger partial charge is 0.495 e. The molecule has 3 atom stereocenters. The molecule has 2 aliphatic heterocycles. The van der Waals surface area contributed by atoms with E-state index in [-0.39, 0.29) is 23.9 Å². The van der Waals surface area contributed by atoms with Gasteiger partial charge in [-0.1, -0.05) is 36.7 Å². The minimum Gasteiger partial charge on any atom is -0.495 e. The van der Waals surface area contributed by atoms with Gasteiger partial charge in [-0.05, 0) is 31.1 Å². The summed E-state index contributed by atoms with van der Waals surface area (Å²) >= 11 is 13.7. The molecule has 3 aromatic rings. The lowest BCUT2D eigenvalue weighted by Crippen LogP contribution is -2.52. The van der Waals surface area contributed by atoms with Crippen LogP contribution in [0.25, 0.3) is 22.0 Å². The molecule has 13 heteroatoms. The Hall–Kier alpha value is -3.35. The first kappa shape index (κ1) is 32.1. The van der Waals surface area contributed by atoms with E-state index in [2.05, 4.69) is 24.1 Å². The summed E-state index contributed by atoms with van der Waals surface area (Å²) in [7, 11) is 6.30. The van der Waals surface area contributed by atoms with Crippen molar-refractivity contribution in [3.63, 3.8) is 0 Å². The Bertz CT molecular complexity index is 1520. The first-order valence-corrected chi connectivity index (χ1v) is 15.0. The van der Waals surface area contributed by atoms with Crippen molar-refractivity contribution in [1.29, 1.82) is 0 Å². The average Bonchev–Trinajstić information content (AvgIpc) is 3.37. The molecule has 236 valence electrons. The first-order chi connectivity index (χ1) is 21.2. The Balaban J connectivity index is 1.67. The molecule has 1 unspecified atom stereocenters. The van der Waals surface area contributed by atoms with E-state index < -0.39 is 5.91 Å². The molecule has 2 saturated heterocycles. The number of pyridine rings is 2. The first-order valence-electron chi connectivity index (χ1n) is 14.3. The molecule has 44 heavy (non-hydrogen) atoms. The van der Waals surface area contributed by atoms with E-state index in [1.54, 1.807) is 26.5 Å². The summed E-state index contributed by atoms with van der Waals surface area (Å²) < 4.78 is 28.8. The number of hydrogen-bond acceptors (Lipinski definition) is 10. The molecule has 4 heterocycles. The number of halogens is 2. The second kappa shape index (κ2) is 13.3. The molecule has 2 N–H and O–H groups in total. The van der Waals surface area contributed by atoms with Crippen LogP contribution in [0.4, 0.5) is 11.6 Å². The normalized spacial score (nSPS) is 21.2. The third-order valence-electron chi connectivity index (χ3n) is 8.35. The molecular formula is C31H37Cl2N5O6. The molecule has 11 nitrogen and oxygen atoms in total.